The van der Waals surface area contributed by atoms with Crippen LogP contribution in [0.3, 0.4) is 0 Å². The van der Waals surface area contributed by atoms with Crippen molar-refractivity contribution in [1.82, 2.24) is 24.1 Å². The van der Waals surface area contributed by atoms with Crippen LogP contribution in [0.2, 0.25) is 0 Å². The van der Waals surface area contributed by atoms with Crippen molar-refractivity contribution in [3.63, 3.8) is 0 Å². The molecule has 0 radical (unpaired) electrons. The van der Waals surface area contributed by atoms with Crippen molar-refractivity contribution in [2.75, 3.05) is 20.2 Å². The van der Waals surface area contributed by atoms with Gasteiger partial charge in [0.2, 0.25) is 21.8 Å². The minimum atomic E-state index is -3.64. The first-order valence-corrected chi connectivity index (χ1v) is 10.4. The van der Waals surface area contributed by atoms with Crippen LogP contribution in [-0.4, -0.2) is 58.8 Å². The molecule has 0 amide bonds. The normalized spacial score (nSPS) is 18.4. The third-order valence-electron chi connectivity index (χ3n) is 4.64. The number of hydrogen-bond donors (Lipinski definition) is 0. The molecule has 0 saturated carbocycles. The summed E-state index contributed by atoms with van der Waals surface area (Å²) in [6.45, 7) is 6.81. The monoisotopic (exact) mass is 395 g/mol. The van der Waals surface area contributed by atoms with Crippen LogP contribution in [0.25, 0.3) is 0 Å². The number of methoxy groups -OCH3 is 1. The fourth-order valence-corrected chi connectivity index (χ4v) is 5.25. The quantitative estimate of drug-likeness (QED) is 0.731. The Morgan fingerprint density at radius 3 is 2.67 bits per heavy atom. The molecule has 1 aliphatic heterocycles. The number of nitrogens with zero attached hydrogens (tertiary/aromatic N) is 5. The van der Waals surface area contributed by atoms with Gasteiger partial charge < -0.3 is 9.47 Å². The van der Waals surface area contributed by atoms with E-state index >= 15 is 0 Å². The zero-order valence-corrected chi connectivity index (χ0v) is 16.9. The van der Waals surface area contributed by atoms with Crippen LogP contribution in [0.4, 0.5) is 0 Å². The van der Waals surface area contributed by atoms with Crippen LogP contribution in [0, 0.1) is 13.8 Å². The molecule has 10 heteroatoms. The Kier molecular flexibility index (Phi) is 5.66. The highest BCUT2D eigenvalue weighted by Crippen LogP contribution is 2.27. The summed E-state index contributed by atoms with van der Waals surface area (Å²) in [6.07, 6.45) is 4.15. The second-order valence-corrected chi connectivity index (χ2v) is 8.34. The van der Waals surface area contributed by atoms with E-state index in [1.165, 1.54) is 23.8 Å². The van der Waals surface area contributed by atoms with Gasteiger partial charge in [-0.1, -0.05) is 0 Å². The second kappa shape index (κ2) is 7.81. The second-order valence-electron chi connectivity index (χ2n) is 6.46. The lowest BCUT2D eigenvalue weighted by Gasteiger charge is -2.31. The lowest BCUT2D eigenvalue weighted by Crippen LogP contribution is -2.44. The molecule has 1 saturated heterocycles. The van der Waals surface area contributed by atoms with Gasteiger partial charge in [0.15, 0.2) is 0 Å². The molecule has 0 spiro atoms. The highest BCUT2D eigenvalue weighted by atomic mass is 32.2. The molecule has 2 aromatic rings. The number of piperidine rings is 1. The summed E-state index contributed by atoms with van der Waals surface area (Å²) in [4.78, 5) is 8.50. The van der Waals surface area contributed by atoms with Gasteiger partial charge in [-0.05, 0) is 33.6 Å². The van der Waals surface area contributed by atoms with Crippen LogP contribution >= 0.6 is 0 Å². The Labute approximate surface area is 159 Å². The molecule has 3 heterocycles. The molecule has 0 bridgehead atoms. The summed E-state index contributed by atoms with van der Waals surface area (Å²) < 4.78 is 40.6. The predicted molar refractivity (Wildman–Crippen MR) is 98.4 cm³/mol. The van der Waals surface area contributed by atoms with E-state index in [-0.39, 0.29) is 12.6 Å². The van der Waals surface area contributed by atoms with Crippen molar-refractivity contribution in [3.05, 3.63) is 23.8 Å². The van der Waals surface area contributed by atoms with Gasteiger partial charge in [-0.25, -0.2) is 8.42 Å². The molecule has 9 nitrogen and oxygen atoms in total. The lowest BCUT2D eigenvalue weighted by atomic mass is 10.1. The SMILES string of the molecule is CCn1nc(C)c(S(=O)(=O)N2CCC[C@@H](Oc3cncc(OC)n3)C2)c1C. The largest absolute Gasteiger partial charge is 0.480 e. The average Bonchev–Trinajstić information content (AvgIpc) is 2.96. The van der Waals surface area contributed by atoms with Crippen molar-refractivity contribution < 1.29 is 17.9 Å². The zero-order chi connectivity index (χ0) is 19.6. The molecule has 148 valence electrons. The van der Waals surface area contributed by atoms with Gasteiger partial charge in [0.05, 0.1) is 37.4 Å². The maximum atomic E-state index is 13.2. The molecule has 1 atom stereocenters. The number of sulfonamides is 1. The van der Waals surface area contributed by atoms with E-state index in [0.717, 1.165) is 6.42 Å². The highest BCUT2D eigenvalue weighted by Gasteiger charge is 2.35. The fraction of sp³-hybridized carbons (Fsp3) is 0.588. The van der Waals surface area contributed by atoms with Crippen LogP contribution in [0.5, 0.6) is 11.8 Å². The summed E-state index contributed by atoms with van der Waals surface area (Å²) in [7, 11) is -2.14. The molecule has 0 N–H and O–H groups in total. The average molecular weight is 395 g/mol. The van der Waals surface area contributed by atoms with E-state index in [2.05, 4.69) is 15.1 Å². The van der Waals surface area contributed by atoms with E-state index < -0.39 is 10.0 Å². The van der Waals surface area contributed by atoms with Gasteiger partial charge in [-0.3, -0.25) is 9.67 Å². The Balaban J connectivity index is 1.80. The Bertz CT molecular complexity index is 912. The number of ether oxygens (including phenoxy) is 2. The minimum Gasteiger partial charge on any atom is -0.480 e. The fourth-order valence-electron chi connectivity index (χ4n) is 3.37. The minimum absolute atomic E-state index is 0.261. The molecular formula is C17H25N5O4S. The van der Waals surface area contributed by atoms with Crippen molar-refractivity contribution in [3.8, 4) is 11.8 Å². The van der Waals surface area contributed by atoms with Crippen LogP contribution in [0.1, 0.15) is 31.2 Å². The van der Waals surface area contributed by atoms with Crippen LogP contribution < -0.4 is 9.47 Å². The van der Waals surface area contributed by atoms with Crippen molar-refractivity contribution in [2.45, 2.75) is 51.2 Å². The first-order valence-electron chi connectivity index (χ1n) is 8.93. The van der Waals surface area contributed by atoms with Gasteiger partial charge in [-0.2, -0.15) is 14.4 Å². The van der Waals surface area contributed by atoms with Crippen molar-refractivity contribution >= 4 is 10.0 Å². The number of aryl methyl sites for hydroxylation is 2. The molecule has 1 fully saturated rings. The van der Waals surface area contributed by atoms with Crippen molar-refractivity contribution in [1.29, 1.82) is 0 Å². The van der Waals surface area contributed by atoms with E-state index in [1.54, 1.807) is 18.5 Å². The summed E-state index contributed by atoms with van der Waals surface area (Å²) >= 11 is 0. The van der Waals surface area contributed by atoms with E-state index in [9.17, 15) is 8.42 Å². The van der Waals surface area contributed by atoms with E-state index in [1.807, 2.05) is 6.92 Å². The molecule has 2 aromatic heterocycles. The van der Waals surface area contributed by atoms with E-state index in [0.29, 0.717) is 47.6 Å². The van der Waals surface area contributed by atoms with Crippen molar-refractivity contribution in [2.24, 2.45) is 0 Å². The van der Waals surface area contributed by atoms with Gasteiger partial charge in [0.25, 0.3) is 0 Å². The smallest absolute Gasteiger partial charge is 0.246 e. The van der Waals surface area contributed by atoms with Gasteiger partial charge >= 0.3 is 0 Å². The Hall–Kier alpha value is -2.20. The van der Waals surface area contributed by atoms with Crippen LogP contribution in [0.15, 0.2) is 17.3 Å². The third kappa shape index (κ3) is 3.91. The summed E-state index contributed by atoms with van der Waals surface area (Å²) in [6, 6.07) is 0. The zero-order valence-electron chi connectivity index (χ0n) is 16.0. The Morgan fingerprint density at radius 1 is 1.26 bits per heavy atom. The first-order chi connectivity index (χ1) is 12.9. The molecular weight excluding hydrogens is 370 g/mol. The lowest BCUT2D eigenvalue weighted by molar-refractivity contribution is 0.123. The third-order valence-corrected chi connectivity index (χ3v) is 6.76. The van der Waals surface area contributed by atoms with Gasteiger partial charge in [-0.15, -0.1) is 0 Å². The maximum absolute atomic E-state index is 13.2. The molecule has 0 unspecified atom stereocenters. The maximum Gasteiger partial charge on any atom is 0.246 e. The number of aromatic nitrogens is 4. The number of hydrogen-bond acceptors (Lipinski definition) is 7. The summed E-state index contributed by atoms with van der Waals surface area (Å²) in [5.41, 5.74) is 1.19. The summed E-state index contributed by atoms with van der Waals surface area (Å²) in [5.74, 6) is 0.677. The predicted octanol–water partition coefficient (Wildman–Crippen LogP) is 1.55. The molecule has 27 heavy (non-hydrogen) atoms. The number of rotatable bonds is 6. The summed E-state index contributed by atoms with van der Waals surface area (Å²) in [5, 5.41) is 4.34. The standard InChI is InChI=1S/C17H25N5O4S/c1-5-22-13(3)17(12(2)20-22)27(23,24)21-8-6-7-14(11-21)26-16-10-18-9-15(19-16)25-4/h9-10,14H,5-8,11H2,1-4H3/t14-/m1/s1. The first kappa shape index (κ1) is 19.6. The van der Waals surface area contributed by atoms with E-state index in [4.69, 9.17) is 9.47 Å². The topological polar surface area (TPSA) is 99.4 Å². The van der Waals surface area contributed by atoms with Crippen LogP contribution in [-0.2, 0) is 16.6 Å². The molecule has 0 aliphatic carbocycles. The van der Waals surface area contributed by atoms with Gasteiger partial charge in [0.1, 0.15) is 11.0 Å². The molecule has 1 aliphatic rings. The molecule has 0 aromatic carbocycles. The highest BCUT2D eigenvalue weighted by molar-refractivity contribution is 7.89. The Morgan fingerprint density at radius 2 is 2.00 bits per heavy atom. The molecule has 3 rings (SSSR count). The van der Waals surface area contributed by atoms with Gasteiger partial charge in [0, 0.05) is 13.1 Å².